The summed E-state index contributed by atoms with van der Waals surface area (Å²) in [4.78, 5) is 10.9. The lowest BCUT2D eigenvalue weighted by molar-refractivity contribution is -0.140. The maximum Gasteiger partial charge on any atom is 0.305 e. The monoisotopic (exact) mass is 301 g/mol. The molecule has 0 amide bonds. The zero-order chi connectivity index (χ0) is 14.8. The van der Waals surface area contributed by atoms with E-state index in [1.165, 1.54) is 7.11 Å². The first-order valence-corrected chi connectivity index (χ1v) is 7.91. The number of hydrogen-bond acceptors (Lipinski definition) is 5. The number of para-hydroxylation sites is 1. The van der Waals surface area contributed by atoms with Crippen molar-refractivity contribution in [1.29, 1.82) is 0 Å². The fourth-order valence-electron chi connectivity index (χ4n) is 1.46. The van der Waals surface area contributed by atoms with Gasteiger partial charge in [-0.25, -0.2) is 13.1 Å². The van der Waals surface area contributed by atoms with Crippen LogP contribution in [-0.4, -0.2) is 40.4 Å². The zero-order valence-electron chi connectivity index (χ0n) is 11.4. The van der Waals surface area contributed by atoms with E-state index in [1.54, 1.807) is 12.1 Å². The molecule has 0 unspecified atom stereocenters. The van der Waals surface area contributed by atoms with Gasteiger partial charge in [0.1, 0.15) is 12.4 Å². The van der Waals surface area contributed by atoms with E-state index in [2.05, 4.69) is 9.46 Å². The molecule has 20 heavy (non-hydrogen) atoms. The Kier molecular flexibility index (Phi) is 7.03. The van der Waals surface area contributed by atoms with Crippen LogP contribution in [0.4, 0.5) is 0 Å². The van der Waals surface area contributed by atoms with E-state index >= 15 is 0 Å². The number of methoxy groups -OCH3 is 1. The summed E-state index contributed by atoms with van der Waals surface area (Å²) in [5.41, 5.74) is 0. The zero-order valence-corrected chi connectivity index (χ0v) is 12.2. The summed E-state index contributed by atoms with van der Waals surface area (Å²) in [5.74, 6) is 0.179. The third-order valence-electron chi connectivity index (χ3n) is 2.46. The second-order valence-corrected chi connectivity index (χ2v) is 5.98. The van der Waals surface area contributed by atoms with Crippen molar-refractivity contribution in [1.82, 2.24) is 4.72 Å². The van der Waals surface area contributed by atoms with Gasteiger partial charge in [-0.1, -0.05) is 18.2 Å². The van der Waals surface area contributed by atoms with Gasteiger partial charge in [-0.15, -0.1) is 0 Å². The van der Waals surface area contributed by atoms with E-state index in [4.69, 9.17) is 4.74 Å². The average molecular weight is 301 g/mol. The second kappa shape index (κ2) is 8.55. The number of hydrogen-bond donors (Lipinski definition) is 1. The molecule has 0 fully saturated rings. The number of sulfonamides is 1. The van der Waals surface area contributed by atoms with Crippen LogP contribution in [0.3, 0.4) is 0 Å². The van der Waals surface area contributed by atoms with Gasteiger partial charge in [-0.2, -0.15) is 0 Å². The van der Waals surface area contributed by atoms with Gasteiger partial charge >= 0.3 is 5.97 Å². The Labute approximate surface area is 119 Å². The molecule has 112 valence electrons. The summed E-state index contributed by atoms with van der Waals surface area (Å²) in [6.07, 6.45) is 0.333. The second-order valence-electron chi connectivity index (χ2n) is 4.05. The molecule has 0 atom stereocenters. The molecule has 1 aromatic carbocycles. The van der Waals surface area contributed by atoms with E-state index < -0.39 is 16.0 Å². The molecule has 0 bridgehead atoms. The predicted octanol–water partition coefficient (Wildman–Crippen LogP) is 0.938. The first-order valence-electron chi connectivity index (χ1n) is 6.25. The average Bonchev–Trinajstić information content (AvgIpc) is 2.44. The Morgan fingerprint density at radius 3 is 2.60 bits per heavy atom. The summed E-state index contributed by atoms with van der Waals surface area (Å²) in [6, 6.07) is 9.14. The first-order chi connectivity index (χ1) is 9.53. The minimum atomic E-state index is -3.38. The number of nitrogens with one attached hydrogen (secondary N) is 1. The Hall–Kier alpha value is -1.60. The van der Waals surface area contributed by atoms with Crippen LogP contribution in [0.15, 0.2) is 30.3 Å². The van der Waals surface area contributed by atoms with E-state index in [0.717, 1.165) is 0 Å². The Bertz CT molecular complexity index is 501. The standard InChI is InChI=1S/C13H19NO5S/c1-18-13(15)8-5-11-20(16,17)14-9-10-19-12-6-3-2-4-7-12/h2-4,6-7,14H,5,8-11H2,1H3. The summed E-state index contributed by atoms with van der Waals surface area (Å²) in [7, 11) is -2.10. The molecule has 0 aliphatic carbocycles. The predicted molar refractivity (Wildman–Crippen MR) is 75.0 cm³/mol. The number of ether oxygens (including phenoxy) is 2. The largest absolute Gasteiger partial charge is 0.492 e. The fraction of sp³-hybridized carbons (Fsp3) is 0.462. The Morgan fingerprint density at radius 2 is 1.95 bits per heavy atom. The number of rotatable bonds is 9. The van der Waals surface area contributed by atoms with Crippen LogP contribution < -0.4 is 9.46 Å². The Balaban J connectivity index is 2.18. The van der Waals surface area contributed by atoms with Gasteiger partial charge < -0.3 is 9.47 Å². The highest BCUT2D eigenvalue weighted by Crippen LogP contribution is 2.07. The molecule has 0 spiro atoms. The minimum absolute atomic E-state index is 0.0952. The highest BCUT2D eigenvalue weighted by Gasteiger charge is 2.11. The van der Waals surface area contributed by atoms with Gasteiger partial charge in [0.25, 0.3) is 0 Å². The molecule has 1 aromatic rings. The van der Waals surface area contributed by atoms with Crippen LogP contribution in [-0.2, 0) is 19.6 Å². The molecule has 0 radical (unpaired) electrons. The molecule has 0 aromatic heterocycles. The lowest BCUT2D eigenvalue weighted by Gasteiger charge is -2.08. The molecule has 1 rings (SSSR count). The number of benzene rings is 1. The first kappa shape index (κ1) is 16.5. The molecule has 0 aliphatic heterocycles. The van der Waals surface area contributed by atoms with E-state index in [9.17, 15) is 13.2 Å². The van der Waals surface area contributed by atoms with Gasteiger partial charge in [0.2, 0.25) is 10.0 Å². The third-order valence-corrected chi connectivity index (χ3v) is 3.93. The van der Waals surface area contributed by atoms with Crippen molar-refractivity contribution in [3.63, 3.8) is 0 Å². The molecular formula is C13H19NO5S. The number of carbonyl (C=O) groups excluding carboxylic acids is 1. The smallest absolute Gasteiger partial charge is 0.305 e. The van der Waals surface area contributed by atoms with E-state index in [0.29, 0.717) is 5.75 Å². The third kappa shape index (κ3) is 7.10. The van der Waals surface area contributed by atoms with Gasteiger partial charge in [-0.05, 0) is 18.6 Å². The maximum absolute atomic E-state index is 11.6. The molecular weight excluding hydrogens is 282 g/mol. The molecule has 0 heterocycles. The van der Waals surface area contributed by atoms with Crippen molar-refractivity contribution in [3.05, 3.63) is 30.3 Å². The van der Waals surface area contributed by atoms with Crippen molar-refractivity contribution >= 4 is 16.0 Å². The van der Waals surface area contributed by atoms with Gasteiger partial charge in [0, 0.05) is 13.0 Å². The molecule has 0 saturated carbocycles. The molecule has 7 heteroatoms. The molecule has 6 nitrogen and oxygen atoms in total. The normalized spacial score (nSPS) is 11.1. The number of carbonyl (C=O) groups is 1. The van der Waals surface area contributed by atoms with Gasteiger partial charge in [0.15, 0.2) is 0 Å². The highest BCUT2D eigenvalue weighted by molar-refractivity contribution is 7.89. The molecule has 0 aliphatic rings. The van der Waals surface area contributed by atoms with Crippen molar-refractivity contribution < 1.29 is 22.7 Å². The lowest BCUT2D eigenvalue weighted by Crippen LogP contribution is -2.30. The van der Waals surface area contributed by atoms with Crippen LogP contribution in [0.1, 0.15) is 12.8 Å². The van der Waals surface area contributed by atoms with Crippen LogP contribution >= 0.6 is 0 Å². The summed E-state index contributed by atoms with van der Waals surface area (Å²) in [5, 5.41) is 0. The van der Waals surface area contributed by atoms with Crippen LogP contribution in [0.2, 0.25) is 0 Å². The van der Waals surface area contributed by atoms with Crippen molar-refractivity contribution in [2.75, 3.05) is 26.0 Å². The summed E-state index contributed by atoms with van der Waals surface area (Å²) < 4.78 is 35.4. The summed E-state index contributed by atoms with van der Waals surface area (Å²) >= 11 is 0. The quantitative estimate of drug-likeness (QED) is 0.542. The van der Waals surface area contributed by atoms with Gasteiger partial charge in [-0.3, -0.25) is 4.79 Å². The van der Waals surface area contributed by atoms with Crippen LogP contribution in [0, 0.1) is 0 Å². The van der Waals surface area contributed by atoms with E-state index in [1.807, 2.05) is 18.2 Å². The van der Waals surface area contributed by atoms with Crippen molar-refractivity contribution in [3.8, 4) is 5.75 Å². The van der Waals surface area contributed by atoms with Crippen molar-refractivity contribution in [2.24, 2.45) is 0 Å². The van der Waals surface area contributed by atoms with Gasteiger partial charge in [0.05, 0.1) is 12.9 Å². The number of esters is 1. The maximum atomic E-state index is 11.6. The Morgan fingerprint density at radius 1 is 1.25 bits per heavy atom. The lowest BCUT2D eigenvalue weighted by atomic mass is 10.3. The van der Waals surface area contributed by atoms with Crippen LogP contribution in [0.5, 0.6) is 5.75 Å². The highest BCUT2D eigenvalue weighted by atomic mass is 32.2. The van der Waals surface area contributed by atoms with E-state index in [-0.39, 0.29) is 31.7 Å². The SMILES string of the molecule is COC(=O)CCCS(=O)(=O)NCCOc1ccccc1. The minimum Gasteiger partial charge on any atom is -0.492 e. The van der Waals surface area contributed by atoms with Crippen LogP contribution in [0.25, 0.3) is 0 Å². The topological polar surface area (TPSA) is 81.7 Å². The fourth-order valence-corrected chi connectivity index (χ4v) is 2.53. The molecule has 0 saturated heterocycles. The van der Waals surface area contributed by atoms with Crippen molar-refractivity contribution in [2.45, 2.75) is 12.8 Å². The summed E-state index contributed by atoms with van der Waals surface area (Å²) in [6.45, 7) is 0.440. The molecule has 1 N–H and O–H groups in total.